The molecule has 13 rings (SSSR count). The number of hydrogen-bond acceptors (Lipinski definition) is 13. The highest BCUT2D eigenvalue weighted by molar-refractivity contribution is 6.31. The van der Waals surface area contributed by atoms with Crippen LogP contribution in [0.15, 0.2) is 103 Å². The van der Waals surface area contributed by atoms with Gasteiger partial charge in [-0.1, -0.05) is 48.0 Å². The number of carbonyl (C=O) groups is 4. The number of fused-ring (bicyclic) bond motifs is 3. The topological polar surface area (TPSA) is 173 Å². The van der Waals surface area contributed by atoms with Gasteiger partial charge in [0.25, 0.3) is 23.6 Å². The molecule has 0 saturated carbocycles. The SMILES string of the molecule is CN1C(=O)C(NC(=O)c2cc(Oc3ccccc3-c3cccc(Cn4nc5c(c4Cl)CCN([C@@H]4COc6ccc(N7CC8(CCOCC8)C7)cc6N(C)C4=O)C5=O)c3)ccn2)COc2ccc(N3CCC4(CCOCC4)C3)cc21. The van der Waals surface area contributed by atoms with Gasteiger partial charge in [0, 0.05) is 113 Å². The molecular formula is C60H62ClN9O9. The second kappa shape index (κ2) is 20.5. The van der Waals surface area contributed by atoms with Crippen LogP contribution in [0, 0.1) is 10.8 Å². The number of amides is 4. The molecule has 6 aromatic rings. The lowest BCUT2D eigenvalue weighted by molar-refractivity contribution is -0.123. The van der Waals surface area contributed by atoms with Gasteiger partial charge in [-0.3, -0.25) is 24.2 Å². The number of benzene rings is 4. The van der Waals surface area contributed by atoms with Crippen LogP contribution in [-0.4, -0.2) is 142 Å². The molecule has 408 valence electrons. The highest BCUT2D eigenvalue weighted by Crippen LogP contribution is 2.46. The Balaban J connectivity index is 0.655. The average Bonchev–Trinajstić information content (AvgIpc) is 4.11. The fourth-order valence-corrected chi connectivity index (χ4v) is 12.9. The smallest absolute Gasteiger partial charge is 0.275 e. The molecule has 0 radical (unpaired) electrons. The molecule has 4 amide bonds. The zero-order valence-corrected chi connectivity index (χ0v) is 45.1. The Kier molecular flexibility index (Phi) is 13.2. The molecule has 1 unspecified atom stereocenters. The predicted molar refractivity (Wildman–Crippen MR) is 297 cm³/mol. The summed E-state index contributed by atoms with van der Waals surface area (Å²) in [5.41, 5.74) is 7.40. The molecule has 4 aromatic carbocycles. The number of ether oxygens (including phenoxy) is 5. The van der Waals surface area contributed by atoms with Crippen molar-refractivity contribution >= 4 is 58.0 Å². The number of nitrogens with one attached hydrogen (secondary N) is 1. The Bertz CT molecular complexity index is 3380. The van der Waals surface area contributed by atoms with Gasteiger partial charge >= 0.3 is 0 Å². The molecule has 2 aromatic heterocycles. The van der Waals surface area contributed by atoms with Crippen molar-refractivity contribution in [3.05, 3.63) is 131 Å². The maximum absolute atomic E-state index is 14.3. The van der Waals surface area contributed by atoms with Crippen molar-refractivity contribution in [3.8, 4) is 34.1 Å². The van der Waals surface area contributed by atoms with Gasteiger partial charge in [0.05, 0.1) is 17.9 Å². The van der Waals surface area contributed by atoms with Crippen molar-refractivity contribution in [2.45, 2.75) is 57.2 Å². The van der Waals surface area contributed by atoms with Crippen molar-refractivity contribution in [1.82, 2.24) is 25.0 Å². The molecule has 19 heteroatoms. The summed E-state index contributed by atoms with van der Waals surface area (Å²) in [6.07, 6.45) is 7.26. The first-order chi connectivity index (χ1) is 38.4. The Labute approximate surface area is 463 Å². The van der Waals surface area contributed by atoms with Gasteiger partial charge in [-0.05, 0) is 110 Å². The Hall–Kier alpha value is -7.67. The molecule has 2 spiro atoms. The van der Waals surface area contributed by atoms with Gasteiger partial charge in [0.15, 0.2) is 5.69 Å². The zero-order chi connectivity index (χ0) is 54.0. The van der Waals surface area contributed by atoms with Crippen molar-refractivity contribution in [3.63, 3.8) is 0 Å². The van der Waals surface area contributed by atoms with Crippen LogP contribution in [0.2, 0.25) is 5.15 Å². The Morgan fingerprint density at radius 1 is 0.734 bits per heavy atom. The third-order valence-electron chi connectivity index (χ3n) is 17.4. The molecular weight excluding hydrogens is 1030 g/mol. The van der Waals surface area contributed by atoms with Crippen molar-refractivity contribution in [1.29, 1.82) is 0 Å². The van der Waals surface area contributed by atoms with Gasteiger partial charge in [-0.15, -0.1) is 0 Å². The number of rotatable bonds is 10. The zero-order valence-electron chi connectivity index (χ0n) is 44.3. The first-order valence-corrected chi connectivity index (χ1v) is 27.7. The third-order valence-corrected chi connectivity index (χ3v) is 17.8. The van der Waals surface area contributed by atoms with Crippen LogP contribution in [-0.2, 0) is 32.0 Å². The van der Waals surface area contributed by atoms with Gasteiger partial charge in [-0.2, -0.15) is 5.10 Å². The number of para-hydroxylation sites is 1. The van der Waals surface area contributed by atoms with Crippen LogP contribution in [0.25, 0.3) is 11.1 Å². The number of hydrogen-bond donors (Lipinski definition) is 1. The summed E-state index contributed by atoms with van der Waals surface area (Å²) in [5, 5.41) is 7.99. The largest absolute Gasteiger partial charge is 0.489 e. The van der Waals surface area contributed by atoms with Crippen LogP contribution in [0.4, 0.5) is 22.7 Å². The van der Waals surface area contributed by atoms with Crippen LogP contribution in [0.5, 0.6) is 23.0 Å². The number of carbonyl (C=O) groups excluding carboxylic acids is 4. The van der Waals surface area contributed by atoms with Gasteiger partial charge in [-0.25, -0.2) is 4.68 Å². The average molecular weight is 1090 g/mol. The van der Waals surface area contributed by atoms with E-state index in [1.54, 1.807) is 45.6 Å². The van der Waals surface area contributed by atoms with E-state index in [4.69, 9.17) is 40.4 Å². The number of nitrogens with zero attached hydrogens (tertiary/aromatic N) is 8. The lowest BCUT2D eigenvalue weighted by Crippen LogP contribution is -2.58. The second-order valence-corrected chi connectivity index (χ2v) is 22.6. The molecule has 18 nitrogen and oxygen atoms in total. The highest BCUT2D eigenvalue weighted by atomic mass is 35.5. The van der Waals surface area contributed by atoms with E-state index in [0.29, 0.717) is 56.9 Å². The molecule has 1 N–H and O–H groups in total. The fraction of sp³-hybridized carbons (Fsp3) is 0.400. The van der Waals surface area contributed by atoms with Crippen molar-refractivity contribution in [2.75, 3.05) is 106 Å². The number of halogens is 1. The summed E-state index contributed by atoms with van der Waals surface area (Å²) in [6.45, 7) is 7.52. The molecule has 2 atom stereocenters. The van der Waals surface area contributed by atoms with E-state index in [9.17, 15) is 19.2 Å². The first kappa shape index (κ1) is 50.8. The molecule has 0 aliphatic carbocycles. The predicted octanol–water partition coefficient (Wildman–Crippen LogP) is 7.64. The highest BCUT2D eigenvalue weighted by Gasteiger charge is 2.46. The molecule has 79 heavy (non-hydrogen) atoms. The van der Waals surface area contributed by atoms with E-state index in [0.717, 1.165) is 113 Å². The standard InChI is InChI=1S/C60H62ClN9O9/c1-65-47-29-40(67-23-16-59(35-67)17-24-75-25-18-59)10-12-51(47)77-33-46(56(65)72)63-55(71)45-31-42(14-21-62-45)79-50-9-4-3-8-43(50)39-7-5-6-38(28-39)32-70-54(61)44-15-22-69(58(74)53(44)64-70)49-34-78-52-13-11-41(30-48(52)66(2)57(49)73)68-36-60(37-68)19-26-76-27-20-60/h3-14,21,28-31,46,49H,15-20,22-27,32-37H2,1-2H3,(H,63,71)/t46?,49-/m1/s1. The maximum Gasteiger partial charge on any atom is 0.275 e. The number of aromatic nitrogens is 3. The van der Waals surface area contributed by atoms with Crippen LogP contribution < -0.4 is 39.1 Å². The lowest BCUT2D eigenvalue weighted by Gasteiger charge is -2.53. The first-order valence-electron chi connectivity index (χ1n) is 27.3. The molecule has 4 saturated heterocycles. The van der Waals surface area contributed by atoms with Crippen molar-refractivity contribution in [2.24, 2.45) is 10.8 Å². The summed E-state index contributed by atoms with van der Waals surface area (Å²) < 4.78 is 31.8. The van der Waals surface area contributed by atoms with Crippen LogP contribution in [0.1, 0.15) is 64.2 Å². The number of anilines is 4. The maximum atomic E-state index is 14.3. The summed E-state index contributed by atoms with van der Waals surface area (Å²) in [4.78, 5) is 70.1. The Morgan fingerprint density at radius 2 is 1.42 bits per heavy atom. The normalized spacial score (nSPS) is 21.4. The van der Waals surface area contributed by atoms with Crippen molar-refractivity contribution < 1.29 is 42.9 Å². The van der Waals surface area contributed by atoms with Gasteiger partial charge in [0.1, 0.15) is 59.1 Å². The van der Waals surface area contributed by atoms with E-state index in [1.807, 2.05) is 84.9 Å². The summed E-state index contributed by atoms with van der Waals surface area (Å²) in [7, 11) is 3.45. The molecule has 0 bridgehead atoms. The Morgan fingerprint density at radius 3 is 2.18 bits per heavy atom. The molecule has 7 aliphatic heterocycles. The number of likely N-dealkylation sites (N-methyl/N-ethyl adjacent to an activating group) is 2. The number of pyridine rings is 1. The van der Waals surface area contributed by atoms with E-state index in [-0.39, 0.29) is 60.8 Å². The van der Waals surface area contributed by atoms with E-state index in [2.05, 4.69) is 20.1 Å². The van der Waals surface area contributed by atoms with E-state index in [1.165, 1.54) is 6.20 Å². The molecule has 9 heterocycles. The van der Waals surface area contributed by atoms with Gasteiger partial charge in [0.2, 0.25) is 0 Å². The molecule has 7 aliphatic rings. The quantitative estimate of drug-likeness (QED) is 0.142. The third kappa shape index (κ3) is 9.56. The van der Waals surface area contributed by atoms with Crippen LogP contribution in [0.3, 0.4) is 0 Å². The summed E-state index contributed by atoms with van der Waals surface area (Å²) in [5.74, 6) is 0.617. The summed E-state index contributed by atoms with van der Waals surface area (Å²) >= 11 is 7.02. The minimum Gasteiger partial charge on any atom is -0.489 e. The second-order valence-electron chi connectivity index (χ2n) is 22.2. The van der Waals surface area contributed by atoms with Gasteiger partial charge < -0.3 is 53.5 Å². The lowest BCUT2D eigenvalue weighted by atomic mass is 9.73. The summed E-state index contributed by atoms with van der Waals surface area (Å²) in [6, 6.07) is 28.8. The fourth-order valence-electron chi connectivity index (χ4n) is 12.6. The minimum absolute atomic E-state index is 0.0118. The van der Waals surface area contributed by atoms with E-state index < -0.39 is 18.0 Å². The van der Waals surface area contributed by atoms with E-state index >= 15 is 0 Å². The molecule has 4 fully saturated rings. The van der Waals surface area contributed by atoms with Crippen LogP contribution >= 0.6 is 11.6 Å². The minimum atomic E-state index is -0.967. The monoisotopic (exact) mass is 1090 g/mol.